The first-order valence-electron chi connectivity index (χ1n) is 8.69. The van der Waals surface area contributed by atoms with Crippen molar-refractivity contribution in [2.75, 3.05) is 16.8 Å². The van der Waals surface area contributed by atoms with Crippen molar-refractivity contribution in [1.82, 2.24) is 9.97 Å². The molecule has 4 rings (SSSR count). The SMILES string of the molecule is N#CCCN(C(=O)Nc1ccc2[nH+]c(-c3cscn3)[nH]c2c1)c1ccccc1. The first kappa shape index (κ1) is 17.7. The maximum atomic E-state index is 12.8. The number of carbonyl (C=O) groups is 1. The van der Waals surface area contributed by atoms with Crippen LogP contribution in [0.5, 0.6) is 0 Å². The molecule has 138 valence electrons. The highest BCUT2D eigenvalue weighted by atomic mass is 32.1. The number of para-hydroxylation sites is 1. The number of aromatic nitrogens is 3. The lowest BCUT2D eigenvalue weighted by molar-refractivity contribution is -0.330. The summed E-state index contributed by atoms with van der Waals surface area (Å²) >= 11 is 1.53. The average Bonchev–Trinajstić information content (AvgIpc) is 3.38. The van der Waals surface area contributed by atoms with Crippen molar-refractivity contribution < 1.29 is 9.78 Å². The Morgan fingerprint density at radius 3 is 2.89 bits per heavy atom. The van der Waals surface area contributed by atoms with Crippen LogP contribution >= 0.6 is 11.3 Å². The van der Waals surface area contributed by atoms with Crippen LogP contribution in [0.15, 0.2) is 59.4 Å². The molecule has 2 amide bonds. The molecule has 2 aromatic heterocycles. The van der Waals surface area contributed by atoms with Crippen LogP contribution in [0.1, 0.15) is 6.42 Å². The molecule has 0 unspecified atom stereocenters. The van der Waals surface area contributed by atoms with Gasteiger partial charge in [-0.2, -0.15) is 5.26 Å². The van der Waals surface area contributed by atoms with Gasteiger partial charge in [0.25, 0.3) is 0 Å². The second kappa shape index (κ2) is 7.90. The van der Waals surface area contributed by atoms with E-state index in [0.717, 1.165) is 28.2 Å². The van der Waals surface area contributed by atoms with E-state index in [2.05, 4.69) is 26.3 Å². The molecule has 0 aliphatic heterocycles. The second-order valence-corrected chi connectivity index (χ2v) is 6.80. The van der Waals surface area contributed by atoms with Gasteiger partial charge < -0.3 is 5.32 Å². The van der Waals surface area contributed by atoms with E-state index < -0.39 is 0 Å². The lowest BCUT2D eigenvalue weighted by atomic mass is 10.2. The van der Waals surface area contributed by atoms with Crippen molar-refractivity contribution in [3.8, 4) is 17.6 Å². The van der Waals surface area contributed by atoms with Gasteiger partial charge in [0.15, 0.2) is 16.7 Å². The number of thiazole rings is 1. The van der Waals surface area contributed by atoms with Gasteiger partial charge >= 0.3 is 11.9 Å². The Hall–Kier alpha value is -3.70. The molecule has 0 aliphatic carbocycles. The number of urea groups is 1. The molecular weight excluding hydrogens is 372 g/mol. The van der Waals surface area contributed by atoms with Gasteiger partial charge in [-0.1, -0.05) is 18.2 Å². The number of aromatic amines is 2. The largest absolute Gasteiger partial charge is 0.326 e. The van der Waals surface area contributed by atoms with Gasteiger partial charge in [0.2, 0.25) is 0 Å². The number of rotatable bonds is 5. The van der Waals surface area contributed by atoms with Gasteiger partial charge in [0.1, 0.15) is 0 Å². The lowest BCUT2D eigenvalue weighted by Gasteiger charge is -2.22. The molecule has 28 heavy (non-hydrogen) atoms. The van der Waals surface area contributed by atoms with E-state index in [1.807, 2.05) is 53.9 Å². The molecule has 0 aliphatic rings. The van der Waals surface area contributed by atoms with Gasteiger partial charge in [0, 0.05) is 29.4 Å². The molecule has 2 aromatic carbocycles. The first-order chi connectivity index (χ1) is 13.7. The van der Waals surface area contributed by atoms with Crippen molar-refractivity contribution >= 4 is 39.8 Å². The minimum atomic E-state index is -0.281. The normalized spacial score (nSPS) is 10.5. The quantitative estimate of drug-likeness (QED) is 0.538. The first-order valence-corrected chi connectivity index (χ1v) is 9.63. The van der Waals surface area contributed by atoms with Gasteiger partial charge in [-0.05, 0) is 24.3 Å². The third kappa shape index (κ3) is 3.70. The van der Waals surface area contributed by atoms with Crippen molar-refractivity contribution in [3.63, 3.8) is 0 Å². The molecular formula is C20H17N6OS+. The van der Waals surface area contributed by atoms with Crippen molar-refractivity contribution in [3.05, 3.63) is 59.4 Å². The summed E-state index contributed by atoms with van der Waals surface area (Å²) in [4.78, 5) is 25.3. The molecule has 0 radical (unpaired) electrons. The van der Waals surface area contributed by atoms with Crippen molar-refractivity contribution in [2.24, 2.45) is 0 Å². The zero-order valence-electron chi connectivity index (χ0n) is 14.8. The standard InChI is InChI=1S/C20H16N6OS/c21-9-4-10-26(15-5-2-1-3-6-15)20(27)23-14-7-8-16-17(11-14)25-19(24-16)18-12-28-13-22-18/h1-3,5-8,11-13H,4,10H2,(H,23,27)(H,24,25)/p+1. The predicted molar refractivity (Wildman–Crippen MR) is 109 cm³/mol. The number of nitrogens with zero attached hydrogens (tertiary/aromatic N) is 3. The summed E-state index contributed by atoms with van der Waals surface area (Å²) in [7, 11) is 0. The number of H-pyrrole nitrogens is 2. The highest BCUT2D eigenvalue weighted by Crippen LogP contribution is 2.21. The number of hydrogen-bond donors (Lipinski definition) is 2. The van der Waals surface area contributed by atoms with Gasteiger partial charge in [0.05, 0.1) is 18.0 Å². The van der Waals surface area contributed by atoms with E-state index in [1.165, 1.54) is 11.3 Å². The summed E-state index contributed by atoms with van der Waals surface area (Å²) in [6, 6.07) is 16.7. The van der Waals surface area contributed by atoms with E-state index in [0.29, 0.717) is 12.2 Å². The van der Waals surface area contributed by atoms with Gasteiger partial charge in [-0.25, -0.2) is 19.7 Å². The average molecular weight is 389 g/mol. The monoisotopic (exact) mass is 389 g/mol. The summed E-state index contributed by atoms with van der Waals surface area (Å²) in [6.45, 7) is 0.318. The Morgan fingerprint density at radius 1 is 1.29 bits per heavy atom. The Morgan fingerprint density at radius 2 is 2.14 bits per heavy atom. The topological polar surface area (TPSA) is 99.0 Å². The van der Waals surface area contributed by atoms with Crippen LogP contribution in [-0.4, -0.2) is 22.5 Å². The fourth-order valence-electron chi connectivity index (χ4n) is 2.91. The Balaban J connectivity index is 1.57. The molecule has 0 spiro atoms. The zero-order chi connectivity index (χ0) is 19.3. The van der Waals surface area contributed by atoms with E-state index in [-0.39, 0.29) is 12.5 Å². The summed E-state index contributed by atoms with van der Waals surface area (Å²) in [5.74, 6) is 0.819. The van der Waals surface area contributed by atoms with Crippen LogP contribution in [0, 0.1) is 11.3 Å². The molecule has 7 nitrogen and oxygen atoms in total. The number of amides is 2. The maximum Gasteiger partial charge on any atom is 0.326 e. The van der Waals surface area contributed by atoms with E-state index in [9.17, 15) is 4.79 Å². The molecule has 3 N–H and O–H groups in total. The van der Waals surface area contributed by atoms with Crippen LogP contribution in [0.3, 0.4) is 0 Å². The van der Waals surface area contributed by atoms with Gasteiger partial charge in [-0.3, -0.25) is 4.90 Å². The number of benzene rings is 2. The summed E-state index contributed by atoms with van der Waals surface area (Å²) in [5, 5.41) is 13.8. The number of fused-ring (bicyclic) bond motifs is 1. The Kier molecular flexibility index (Phi) is 4.99. The predicted octanol–water partition coefficient (Wildman–Crippen LogP) is 4.06. The van der Waals surface area contributed by atoms with Crippen LogP contribution in [0.25, 0.3) is 22.6 Å². The smallest absolute Gasteiger partial charge is 0.307 e. The molecule has 0 saturated heterocycles. The zero-order valence-corrected chi connectivity index (χ0v) is 15.7. The van der Waals surface area contributed by atoms with E-state index >= 15 is 0 Å². The summed E-state index contributed by atoms with van der Waals surface area (Å²) in [5.41, 5.74) is 5.82. The molecule has 0 atom stereocenters. The highest BCUT2D eigenvalue weighted by molar-refractivity contribution is 7.07. The Bertz CT molecular complexity index is 1130. The van der Waals surface area contributed by atoms with Crippen LogP contribution < -0.4 is 15.2 Å². The third-order valence-electron chi connectivity index (χ3n) is 4.24. The molecule has 0 bridgehead atoms. The molecule has 4 aromatic rings. The van der Waals surface area contributed by atoms with Crippen LogP contribution in [0.4, 0.5) is 16.2 Å². The molecule has 2 heterocycles. The highest BCUT2D eigenvalue weighted by Gasteiger charge is 2.18. The molecule has 8 heteroatoms. The molecule has 0 fully saturated rings. The maximum absolute atomic E-state index is 12.8. The third-order valence-corrected chi connectivity index (χ3v) is 4.83. The van der Waals surface area contributed by atoms with Gasteiger partial charge in [-0.15, -0.1) is 11.3 Å². The molecule has 0 saturated carbocycles. The second-order valence-electron chi connectivity index (χ2n) is 6.08. The number of hydrogen-bond acceptors (Lipinski definition) is 4. The summed E-state index contributed by atoms with van der Waals surface area (Å²) in [6.07, 6.45) is 0.254. The fourth-order valence-corrected chi connectivity index (χ4v) is 3.45. The van der Waals surface area contributed by atoms with Crippen LogP contribution in [0.2, 0.25) is 0 Å². The number of carbonyl (C=O) groups excluding carboxylic acids is 1. The fraction of sp³-hybridized carbons (Fsp3) is 0.100. The number of anilines is 2. The summed E-state index contributed by atoms with van der Waals surface area (Å²) < 4.78 is 0. The van der Waals surface area contributed by atoms with Crippen molar-refractivity contribution in [1.29, 1.82) is 5.26 Å². The minimum Gasteiger partial charge on any atom is -0.307 e. The van der Waals surface area contributed by atoms with E-state index in [1.54, 1.807) is 10.4 Å². The van der Waals surface area contributed by atoms with E-state index in [4.69, 9.17) is 5.26 Å². The number of nitriles is 1. The number of nitrogens with one attached hydrogen (secondary N) is 3. The van der Waals surface area contributed by atoms with Crippen LogP contribution in [-0.2, 0) is 0 Å². The number of imidazole rings is 1. The van der Waals surface area contributed by atoms with Crippen molar-refractivity contribution in [2.45, 2.75) is 6.42 Å². The minimum absolute atomic E-state index is 0.254. The Labute approximate surface area is 165 Å². The lowest BCUT2D eigenvalue weighted by Crippen LogP contribution is -2.35.